The van der Waals surface area contributed by atoms with E-state index in [1.54, 1.807) is 13.8 Å². The number of carbonyl (C=O) groups excluding carboxylic acids is 2. The molecule has 0 unspecified atom stereocenters. The van der Waals surface area contributed by atoms with Gasteiger partial charge in [0.2, 0.25) is 5.91 Å². The van der Waals surface area contributed by atoms with E-state index >= 15 is 0 Å². The number of alkyl halides is 3. The molecule has 2 N–H and O–H groups in total. The molecule has 0 atom stereocenters. The summed E-state index contributed by atoms with van der Waals surface area (Å²) < 4.78 is 45.2. The Hall–Kier alpha value is -2.45. The van der Waals surface area contributed by atoms with Crippen LogP contribution in [0.25, 0.3) is 0 Å². The van der Waals surface area contributed by atoms with Gasteiger partial charge in [-0.2, -0.15) is 13.2 Å². The van der Waals surface area contributed by atoms with Crippen LogP contribution in [0.5, 0.6) is 5.75 Å². The lowest BCUT2D eigenvalue weighted by Crippen LogP contribution is -2.50. The highest BCUT2D eigenvalue weighted by Crippen LogP contribution is 2.34. The van der Waals surface area contributed by atoms with Crippen molar-refractivity contribution in [2.24, 2.45) is 0 Å². The molecule has 1 heterocycles. The van der Waals surface area contributed by atoms with Crippen molar-refractivity contribution in [3.8, 4) is 5.75 Å². The molecule has 1 saturated heterocycles. The van der Waals surface area contributed by atoms with Gasteiger partial charge in [-0.1, -0.05) is 6.07 Å². The first-order chi connectivity index (χ1) is 12.2. The van der Waals surface area contributed by atoms with Crippen molar-refractivity contribution in [2.45, 2.75) is 39.1 Å². The van der Waals surface area contributed by atoms with E-state index in [0.29, 0.717) is 19.5 Å². The van der Waals surface area contributed by atoms with Gasteiger partial charge in [-0.15, -0.1) is 0 Å². The van der Waals surface area contributed by atoms with Crippen molar-refractivity contribution in [3.05, 3.63) is 29.3 Å². The van der Waals surface area contributed by atoms with Crippen molar-refractivity contribution < 1.29 is 27.5 Å². The summed E-state index contributed by atoms with van der Waals surface area (Å²) in [4.78, 5) is 24.9. The van der Waals surface area contributed by atoms with E-state index in [9.17, 15) is 22.8 Å². The van der Waals surface area contributed by atoms with E-state index in [-0.39, 0.29) is 36.5 Å². The molecule has 0 radical (unpaired) electrons. The van der Waals surface area contributed by atoms with Gasteiger partial charge < -0.3 is 20.3 Å². The fourth-order valence-electron chi connectivity index (χ4n) is 2.57. The molecule has 1 aliphatic heterocycles. The first kappa shape index (κ1) is 19.9. The molecule has 1 aliphatic rings. The molecule has 26 heavy (non-hydrogen) atoms. The summed E-state index contributed by atoms with van der Waals surface area (Å²) in [7, 11) is 0. The number of carbonyl (C=O) groups is 2. The maximum absolute atomic E-state index is 13.3. The Labute approximate surface area is 149 Å². The van der Waals surface area contributed by atoms with Crippen LogP contribution in [0.15, 0.2) is 18.2 Å². The van der Waals surface area contributed by atoms with E-state index in [1.807, 2.05) is 0 Å². The molecule has 6 nitrogen and oxygen atoms in total. The Bertz CT molecular complexity index is 662. The number of nitrogens with zero attached hydrogens (tertiary/aromatic N) is 1. The van der Waals surface area contributed by atoms with E-state index in [1.165, 1.54) is 17.0 Å². The summed E-state index contributed by atoms with van der Waals surface area (Å²) >= 11 is 0. The van der Waals surface area contributed by atoms with Crippen LogP contribution < -0.4 is 15.4 Å². The van der Waals surface area contributed by atoms with Crippen LogP contribution >= 0.6 is 0 Å². The van der Waals surface area contributed by atoms with Gasteiger partial charge in [0, 0.05) is 19.6 Å². The zero-order valence-electron chi connectivity index (χ0n) is 14.7. The molecular weight excluding hydrogens is 351 g/mol. The Morgan fingerprint density at radius 3 is 2.73 bits per heavy atom. The number of rotatable bonds is 6. The van der Waals surface area contributed by atoms with Gasteiger partial charge >= 0.3 is 12.2 Å². The van der Waals surface area contributed by atoms with Crippen molar-refractivity contribution in [3.63, 3.8) is 0 Å². The van der Waals surface area contributed by atoms with Crippen LogP contribution in [0, 0.1) is 0 Å². The van der Waals surface area contributed by atoms with Crippen LogP contribution in [0.4, 0.5) is 18.0 Å². The number of amides is 3. The Balaban J connectivity index is 2.03. The molecule has 1 fully saturated rings. The molecule has 0 aliphatic carbocycles. The lowest BCUT2D eigenvalue weighted by molar-refractivity contribution is -0.138. The highest BCUT2D eigenvalue weighted by molar-refractivity contribution is 5.84. The van der Waals surface area contributed by atoms with Crippen LogP contribution in [0.2, 0.25) is 0 Å². The molecule has 1 aromatic carbocycles. The van der Waals surface area contributed by atoms with Gasteiger partial charge in [0.1, 0.15) is 12.3 Å². The van der Waals surface area contributed by atoms with E-state index in [0.717, 1.165) is 6.07 Å². The number of ether oxygens (including phenoxy) is 1. The second-order valence-corrected chi connectivity index (χ2v) is 6.27. The standard InChI is InChI=1S/C17H22F3N3O3/c1-11(2)26-13-5-4-12(14(8-13)17(18,19)20)9-22-15(24)10-23-7-3-6-21-16(23)25/h4-5,8,11H,3,6-7,9-10H2,1-2H3,(H,21,25)(H,22,24). The summed E-state index contributed by atoms with van der Waals surface area (Å²) in [6.07, 6.45) is -4.10. The minimum absolute atomic E-state index is 0.0648. The number of urea groups is 1. The van der Waals surface area contributed by atoms with Crippen molar-refractivity contribution in [1.82, 2.24) is 15.5 Å². The monoisotopic (exact) mass is 373 g/mol. The van der Waals surface area contributed by atoms with E-state index < -0.39 is 17.6 Å². The number of nitrogens with one attached hydrogen (secondary N) is 2. The molecule has 0 spiro atoms. The number of benzene rings is 1. The second-order valence-electron chi connectivity index (χ2n) is 6.27. The highest BCUT2D eigenvalue weighted by Gasteiger charge is 2.34. The van der Waals surface area contributed by atoms with E-state index in [4.69, 9.17) is 4.74 Å². The highest BCUT2D eigenvalue weighted by atomic mass is 19.4. The molecule has 144 valence electrons. The molecule has 9 heteroatoms. The minimum Gasteiger partial charge on any atom is -0.491 e. The predicted molar refractivity (Wildman–Crippen MR) is 88.6 cm³/mol. The quantitative estimate of drug-likeness (QED) is 0.805. The first-order valence-corrected chi connectivity index (χ1v) is 8.33. The van der Waals surface area contributed by atoms with Crippen molar-refractivity contribution >= 4 is 11.9 Å². The molecule has 0 bridgehead atoms. The normalized spacial score (nSPS) is 15.0. The lowest BCUT2D eigenvalue weighted by Gasteiger charge is -2.26. The maximum Gasteiger partial charge on any atom is 0.416 e. The SMILES string of the molecule is CC(C)Oc1ccc(CNC(=O)CN2CCCNC2=O)c(C(F)(F)F)c1. The molecule has 2 rings (SSSR count). The van der Waals surface area contributed by atoms with Gasteiger partial charge in [-0.05, 0) is 38.0 Å². The summed E-state index contributed by atoms with van der Waals surface area (Å²) in [5.41, 5.74) is -0.920. The van der Waals surface area contributed by atoms with Crippen LogP contribution in [0.3, 0.4) is 0 Å². The molecule has 1 aromatic rings. The zero-order chi connectivity index (χ0) is 19.3. The number of halogens is 3. The van der Waals surface area contributed by atoms with Gasteiger partial charge in [0.25, 0.3) is 0 Å². The molecular formula is C17H22F3N3O3. The zero-order valence-corrected chi connectivity index (χ0v) is 14.7. The number of hydrogen-bond acceptors (Lipinski definition) is 3. The predicted octanol–water partition coefficient (Wildman–Crippen LogP) is 2.52. The third kappa shape index (κ3) is 5.53. The molecule has 0 saturated carbocycles. The Morgan fingerprint density at radius 2 is 2.12 bits per heavy atom. The third-order valence-corrected chi connectivity index (χ3v) is 3.74. The van der Waals surface area contributed by atoms with Gasteiger partial charge in [-0.25, -0.2) is 4.79 Å². The van der Waals surface area contributed by atoms with E-state index in [2.05, 4.69) is 10.6 Å². The number of hydrogen-bond donors (Lipinski definition) is 2. The van der Waals surface area contributed by atoms with Crippen molar-refractivity contribution in [1.29, 1.82) is 0 Å². The van der Waals surface area contributed by atoms with Crippen LogP contribution in [-0.2, 0) is 17.5 Å². The average Bonchev–Trinajstić information content (AvgIpc) is 2.54. The summed E-state index contributed by atoms with van der Waals surface area (Å²) in [6.45, 7) is 3.95. The summed E-state index contributed by atoms with van der Waals surface area (Å²) in [6, 6.07) is 3.31. The smallest absolute Gasteiger partial charge is 0.416 e. The Kier molecular flexibility index (Phi) is 6.33. The fraction of sp³-hybridized carbons (Fsp3) is 0.529. The summed E-state index contributed by atoms with van der Waals surface area (Å²) in [5.74, 6) is -0.398. The van der Waals surface area contributed by atoms with Gasteiger partial charge in [0.05, 0.1) is 11.7 Å². The van der Waals surface area contributed by atoms with Gasteiger partial charge in [-0.3, -0.25) is 4.79 Å². The third-order valence-electron chi connectivity index (χ3n) is 3.74. The molecule has 3 amide bonds. The van der Waals surface area contributed by atoms with Crippen LogP contribution in [-0.4, -0.2) is 42.6 Å². The molecule has 0 aromatic heterocycles. The topological polar surface area (TPSA) is 70.7 Å². The summed E-state index contributed by atoms with van der Waals surface area (Å²) in [5, 5.41) is 5.04. The largest absolute Gasteiger partial charge is 0.491 e. The van der Waals surface area contributed by atoms with Crippen molar-refractivity contribution in [2.75, 3.05) is 19.6 Å². The fourth-order valence-corrected chi connectivity index (χ4v) is 2.57. The van der Waals surface area contributed by atoms with Gasteiger partial charge in [0.15, 0.2) is 0 Å². The second kappa shape index (κ2) is 8.29. The van der Waals surface area contributed by atoms with Crippen LogP contribution in [0.1, 0.15) is 31.4 Å². The maximum atomic E-state index is 13.3. The minimum atomic E-state index is -4.57. The first-order valence-electron chi connectivity index (χ1n) is 8.33. The lowest BCUT2D eigenvalue weighted by atomic mass is 10.1. The Morgan fingerprint density at radius 1 is 1.38 bits per heavy atom. The average molecular weight is 373 g/mol.